The number of thiazole rings is 1. The van der Waals surface area contributed by atoms with Gasteiger partial charge in [-0.05, 0) is 26.7 Å². The Labute approximate surface area is 99.5 Å². The van der Waals surface area contributed by atoms with E-state index in [0.717, 1.165) is 36.6 Å². The number of amides is 1. The lowest BCUT2D eigenvalue weighted by Gasteiger charge is -2.22. The van der Waals surface area contributed by atoms with Crippen LogP contribution >= 0.6 is 11.3 Å². The lowest BCUT2D eigenvalue weighted by Crippen LogP contribution is -2.47. The first-order valence-corrected chi connectivity index (χ1v) is 6.42. The van der Waals surface area contributed by atoms with E-state index in [0.29, 0.717) is 0 Å². The van der Waals surface area contributed by atoms with Crippen molar-refractivity contribution in [2.45, 2.75) is 39.3 Å². The van der Waals surface area contributed by atoms with Crippen LogP contribution < -0.4 is 10.6 Å². The van der Waals surface area contributed by atoms with Gasteiger partial charge in [0.1, 0.15) is 0 Å². The van der Waals surface area contributed by atoms with E-state index in [-0.39, 0.29) is 11.9 Å². The molecule has 1 unspecified atom stereocenters. The van der Waals surface area contributed by atoms with E-state index in [1.807, 2.05) is 13.8 Å². The van der Waals surface area contributed by atoms with Crippen molar-refractivity contribution >= 4 is 17.2 Å². The molecule has 1 amide bonds. The maximum absolute atomic E-state index is 11.5. The number of aromatic nitrogens is 1. The van der Waals surface area contributed by atoms with Crippen molar-refractivity contribution in [2.24, 2.45) is 0 Å². The standard InChI is InChI=1S/C11H17N3OS/c1-7-10(16-8(2)14-7)6-13-9-4-3-5-12-11(9)15/h9,13H,3-6H2,1-2H3,(H,12,15). The Bertz CT molecular complexity index is 389. The molecule has 0 radical (unpaired) electrons. The van der Waals surface area contributed by atoms with E-state index < -0.39 is 0 Å². The summed E-state index contributed by atoms with van der Waals surface area (Å²) in [6.07, 6.45) is 1.99. The highest BCUT2D eigenvalue weighted by atomic mass is 32.1. The Morgan fingerprint density at radius 1 is 1.56 bits per heavy atom. The second kappa shape index (κ2) is 4.93. The van der Waals surface area contributed by atoms with Gasteiger partial charge in [0, 0.05) is 18.0 Å². The number of piperidine rings is 1. The Morgan fingerprint density at radius 3 is 3.00 bits per heavy atom. The van der Waals surface area contributed by atoms with E-state index in [2.05, 4.69) is 15.6 Å². The Balaban J connectivity index is 1.91. The summed E-state index contributed by atoms with van der Waals surface area (Å²) in [6.45, 7) is 5.58. The van der Waals surface area contributed by atoms with Crippen LogP contribution in [0.5, 0.6) is 0 Å². The second-order valence-corrected chi connectivity index (χ2v) is 5.40. The van der Waals surface area contributed by atoms with Gasteiger partial charge in [0.25, 0.3) is 0 Å². The second-order valence-electron chi connectivity index (χ2n) is 4.11. The maximum Gasteiger partial charge on any atom is 0.237 e. The predicted octanol–water partition coefficient (Wildman–Crippen LogP) is 1.13. The lowest BCUT2D eigenvalue weighted by molar-refractivity contribution is -0.124. The summed E-state index contributed by atoms with van der Waals surface area (Å²) in [4.78, 5) is 17.1. The highest BCUT2D eigenvalue weighted by Crippen LogP contribution is 2.17. The molecule has 2 heterocycles. The molecule has 1 atom stereocenters. The summed E-state index contributed by atoms with van der Waals surface area (Å²) < 4.78 is 0. The van der Waals surface area contributed by atoms with Crippen LogP contribution in [0.25, 0.3) is 0 Å². The molecule has 0 aliphatic carbocycles. The third-order valence-corrected chi connectivity index (χ3v) is 3.87. The Kier molecular flexibility index (Phi) is 3.56. The van der Waals surface area contributed by atoms with Crippen molar-refractivity contribution in [3.05, 3.63) is 15.6 Å². The molecule has 1 aliphatic rings. The molecule has 1 saturated heterocycles. The van der Waals surface area contributed by atoms with Crippen LogP contribution in [0.1, 0.15) is 28.4 Å². The fourth-order valence-corrected chi connectivity index (χ4v) is 2.81. The molecule has 0 aromatic carbocycles. The highest BCUT2D eigenvalue weighted by molar-refractivity contribution is 7.11. The third-order valence-electron chi connectivity index (χ3n) is 2.79. The molecule has 1 aromatic heterocycles. The van der Waals surface area contributed by atoms with E-state index in [4.69, 9.17) is 0 Å². The number of aryl methyl sites for hydroxylation is 2. The maximum atomic E-state index is 11.5. The molecule has 1 aromatic rings. The van der Waals surface area contributed by atoms with Gasteiger partial charge in [0.15, 0.2) is 0 Å². The monoisotopic (exact) mass is 239 g/mol. The Hall–Kier alpha value is -0.940. The van der Waals surface area contributed by atoms with Gasteiger partial charge in [-0.1, -0.05) is 0 Å². The summed E-state index contributed by atoms with van der Waals surface area (Å²) in [5.74, 6) is 0.130. The van der Waals surface area contributed by atoms with Crippen molar-refractivity contribution in [1.29, 1.82) is 0 Å². The van der Waals surface area contributed by atoms with Gasteiger partial charge in [0.2, 0.25) is 5.91 Å². The van der Waals surface area contributed by atoms with E-state index in [1.54, 1.807) is 11.3 Å². The van der Waals surface area contributed by atoms with Gasteiger partial charge in [0.05, 0.1) is 16.7 Å². The minimum absolute atomic E-state index is 0.0319. The number of rotatable bonds is 3. The quantitative estimate of drug-likeness (QED) is 0.831. The molecule has 5 heteroatoms. The third kappa shape index (κ3) is 2.59. The van der Waals surface area contributed by atoms with E-state index in [1.165, 1.54) is 4.88 Å². The summed E-state index contributed by atoms with van der Waals surface area (Å²) in [5, 5.41) is 7.26. The fourth-order valence-electron chi connectivity index (χ4n) is 1.92. The largest absolute Gasteiger partial charge is 0.355 e. The Morgan fingerprint density at radius 2 is 2.38 bits per heavy atom. The molecule has 88 valence electrons. The first-order valence-electron chi connectivity index (χ1n) is 5.61. The molecule has 2 N–H and O–H groups in total. The average Bonchev–Trinajstić information content (AvgIpc) is 2.56. The molecule has 1 aliphatic heterocycles. The average molecular weight is 239 g/mol. The summed E-state index contributed by atoms with van der Waals surface area (Å²) in [7, 11) is 0. The number of nitrogens with zero attached hydrogens (tertiary/aromatic N) is 1. The van der Waals surface area contributed by atoms with Crippen LogP contribution in [0.3, 0.4) is 0 Å². The first kappa shape index (κ1) is 11.5. The number of carbonyl (C=O) groups is 1. The number of carbonyl (C=O) groups excluding carboxylic acids is 1. The number of nitrogens with one attached hydrogen (secondary N) is 2. The van der Waals surface area contributed by atoms with Crippen LogP contribution in [-0.2, 0) is 11.3 Å². The molecule has 0 saturated carbocycles. The van der Waals surface area contributed by atoms with Crippen molar-refractivity contribution in [3.63, 3.8) is 0 Å². The van der Waals surface area contributed by atoms with E-state index >= 15 is 0 Å². The van der Waals surface area contributed by atoms with Crippen LogP contribution in [0, 0.1) is 13.8 Å². The van der Waals surface area contributed by atoms with Crippen LogP contribution in [0.4, 0.5) is 0 Å². The molecule has 1 fully saturated rings. The highest BCUT2D eigenvalue weighted by Gasteiger charge is 2.21. The van der Waals surface area contributed by atoms with Crippen LogP contribution in [0.15, 0.2) is 0 Å². The minimum atomic E-state index is -0.0319. The zero-order chi connectivity index (χ0) is 11.5. The van der Waals surface area contributed by atoms with E-state index in [9.17, 15) is 4.79 Å². The summed E-state index contributed by atoms with van der Waals surface area (Å²) in [6, 6.07) is -0.0319. The van der Waals surface area contributed by atoms with Gasteiger partial charge in [-0.25, -0.2) is 4.98 Å². The minimum Gasteiger partial charge on any atom is -0.355 e. The molecule has 2 rings (SSSR count). The van der Waals surface area contributed by atoms with Crippen molar-refractivity contribution in [1.82, 2.24) is 15.6 Å². The van der Waals surface area contributed by atoms with Gasteiger partial charge < -0.3 is 10.6 Å². The summed E-state index contributed by atoms with van der Waals surface area (Å²) >= 11 is 1.70. The lowest BCUT2D eigenvalue weighted by atomic mass is 10.1. The smallest absolute Gasteiger partial charge is 0.237 e. The molecular weight excluding hydrogens is 222 g/mol. The van der Waals surface area contributed by atoms with Crippen molar-refractivity contribution in [3.8, 4) is 0 Å². The predicted molar refractivity (Wildman–Crippen MR) is 64.5 cm³/mol. The molecule has 0 spiro atoms. The molecule has 16 heavy (non-hydrogen) atoms. The van der Waals surface area contributed by atoms with Crippen LogP contribution in [-0.4, -0.2) is 23.5 Å². The fraction of sp³-hybridized carbons (Fsp3) is 0.636. The van der Waals surface area contributed by atoms with Crippen LogP contribution in [0.2, 0.25) is 0 Å². The number of hydrogen-bond donors (Lipinski definition) is 2. The van der Waals surface area contributed by atoms with Gasteiger partial charge in [-0.2, -0.15) is 0 Å². The topological polar surface area (TPSA) is 54.0 Å². The normalized spacial score (nSPS) is 20.9. The molecular formula is C11H17N3OS. The SMILES string of the molecule is Cc1nc(C)c(CNC2CCCNC2=O)s1. The zero-order valence-electron chi connectivity index (χ0n) is 9.67. The van der Waals surface area contributed by atoms with Gasteiger partial charge in [-0.15, -0.1) is 11.3 Å². The summed E-state index contributed by atoms with van der Waals surface area (Å²) in [5.41, 5.74) is 1.08. The van der Waals surface area contributed by atoms with Crippen molar-refractivity contribution in [2.75, 3.05) is 6.54 Å². The van der Waals surface area contributed by atoms with Gasteiger partial charge >= 0.3 is 0 Å². The number of hydrogen-bond acceptors (Lipinski definition) is 4. The molecule has 0 bridgehead atoms. The van der Waals surface area contributed by atoms with Crippen molar-refractivity contribution < 1.29 is 4.79 Å². The zero-order valence-corrected chi connectivity index (χ0v) is 10.5. The molecule has 4 nitrogen and oxygen atoms in total. The van der Waals surface area contributed by atoms with Gasteiger partial charge in [-0.3, -0.25) is 4.79 Å². The first-order chi connectivity index (χ1) is 7.66.